The highest BCUT2D eigenvalue weighted by Gasteiger charge is 2.15. The van der Waals surface area contributed by atoms with Gasteiger partial charge in [-0.3, -0.25) is 0 Å². The van der Waals surface area contributed by atoms with E-state index < -0.39 is 12.1 Å². The minimum absolute atomic E-state index is 0.0804. The van der Waals surface area contributed by atoms with Crippen molar-refractivity contribution in [2.24, 2.45) is 0 Å². The van der Waals surface area contributed by atoms with Gasteiger partial charge < -0.3 is 10.0 Å². The van der Waals surface area contributed by atoms with E-state index in [1.807, 2.05) is 18.7 Å². The summed E-state index contributed by atoms with van der Waals surface area (Å²) in [6, 6.07) is 0. The first-order valence-electron chi connectivity index (χ1n) is 4.21. The van der Waals surface area contributed by atoms with Gasteiger partial charge in [0.05, 0.1) is 0 Å². The summed E-state index contributed by atoms with van der Waals surface area (Å²) in [5.41, 5.74) is 0. The quantitative estimate of drug-likeness (QED) is 0.661. The van der Waals surface area contributed by atoms with Crippen LogP contribution in [0.2, 0.25) is 0 Å². The number of hydrogen-bond donors (Lipinski definition) is 1. The Kier molecular flexibility index (Phi) is 5.62. The first-order chi connectivity index (χ1) is 5.61. The van der Waals surface area contributed by atoms with Gasteiger partial charge in [0.2, 0.25) is 0 Å². The Hall–Kier alpha value is -0.640. The van der Waals surface area contributed by atoms with Crippen LogP contribution in [0.25, 0.3) is 0 Å². The average Bonchev–Trinajstić information content (AvgIpc) is 2.05. The SMILES string of the molecule is CCN(CC)CC[C@@H](F)C(=O)O. The van der Waals surface area contributed by atoms with Gasteiger partial charge >= 0.3 is 5.97 Å². The maximum Gasteiger partial charge on any atom is 0.338 e. The number of carboxylic acid groups (broad SMARTS) is 1. The zero-order valence-electron chi connectivity index (χ0n) is 7.59. The highest BCUT2D eigenvalue weighted by molar-refractivity contribution is 5.71. The predicted octanol–water partition coefficient (Wildman–Crippen LogP) is 1.14. The Morgan fingerprint density at radius 1 is 1.50 bits per heavy atom. The number of carboxylic acids is 1. The van der Waals surface area contributed by atoms with Gasteiger partial charge in [-0.05, 0) is 13.1 Å². The van der Waals surface area contributed by atoms with E-state index >= 15 is 0 Å². The van der Waals surface area contributed by atoms with E-state index in [1.54, 1.807) is 0 Å². The van der Waals surface area contributed by atoms with Crippen molar-refractivity contribution < 1.29 is 14.3 Å². The van der Waals surface area contributed by atoms with Crippen LogP contribution in [0.4, 0.5) is 4.39 Å². The largest absolute Gasteiger partial charge is 0.479 e. The normalized spacial score (nSPS) is 13.3. The van der Waals surface area contributed by atoms with E-state index in [9.17, 15) is 9.18 Å². The standard InChI is InChI=1S/C8H16FNO2/c1-3-10(4-2)6-5-7(9)8(11)12/h7H,3-6H2,1-2H3,(H,11,12)/t7-/m1/s1. The molecule has 3 nitrogen and oxygen atoms in total. The molecule has 1 N–H and O–H groups in total. The summed E-state index contributed by atoms with van der Waals surface area (Å²) in [6.45, 7) is 6.13. The second-order valence-electron chi connectivity index (χ2n) is 2.62. The topological polar surface area (TPSA) is 40.5 Å². The molecule has 0 aromatic heterocycles. The summed E-state index contributed by atoms with van der Waals surface area (Å²) in [4.78, 5) is 12.1. The molecule has 0 heterocycles. The van der Waals surface area contributed by atoms with E-state index in [4.69, 9.17) is 5.11 Å². The fraction of sp³-hybridized carbons (Fsp3) is 0.875. The Morgan fingerprint density at radius 2 is 2.00 bits per heavy atom. The number of hydrogen-bond acceptors (Lipinski definition) is 2. The molecule has 1 atom stereocenters. The summed E-state index contributed by atoms with van der Waals surface area (Å²) in [6.07, 6.45) is -1.64. The van der Waals surface area contributed by atoms with Crippen LogP contribution in [0.15, 0.2) is 0 Å². The predicted molar refractivity (Wildman–Crippen MR) is 44.9 cm³/mol. The average molecular weight is 177 g/mol. The van der Waals surface area contributed by atoms with E-state index in [0.29, 0.717) is 6.54 Å². The van der Waals surface area contributed by atoms with Gasteiger partial charge in [0.15, 0.2) is 6.17 Å². The maximum absolute atomic E-state index is 12.5. The van der Waals surface area contributed by atoms with E-state index in [1.165, 1.54) is 0 Å². The Balaban J connectivity index is 3.58. The number of carbonyl (C=O) groups is 1. The molecule has 0 fully saturated rings. The molecular formula is C8H16FNO2. The van der Waals surface area contributed by atoms with E-state index in [2.05, 4.69) is 0 Å². The van der Waals surface area contributed by atoms with Gasteiger partial charge in [-0.1, -0.05) is 13.8 Å². The van der Waals surface area contributed by atoms with Crippen LogP contribution in [0, 0.1) is 0 Å². The third-order valence-electron chi connectivity index (χ3n) is 1.86. The van der Waals surface area contributed by atoms with Gasteiger partial charge in [-0.2, -0.15) is 0 Å². The molecule has 0 radical (unpaired) electrons. The minimum atomic E-state index is -1.72. The Bertz CT molecular complexity index is 137. The third-order valence-corrected chi connectivity index (χ3v) is 1.86. The van der Waals surface area contributed by atoms with Gasteiger partial charge in [-0.25, -0.2) is 9.18 Å². The number of aliphatic carboxylic acids is 1. The second kappa shape index (κ2) is 5.94. The van der Waals surface area contributed by atoms with Crippen molar-refractivity contribution >= 4 is 5.97 Å². The summed E-state index contributed by atoms with van der Waals surface area (Å²) >= 11 is 0. The summed E-state index contributed by atoms with van der Waals surface area (Å²) in [5, 5.41) is 8.25. The first kappa shape index (κ1) is 11.4. The fourth-order valence-electron chi connectivity index (χ4n) is 0.959. The van der Waals surface area contributed by atoms with E-state index in [-0.39, 0.29) is 6.42 Å². The molecule has 0 saturated heterocycles. The molecule has 0 spiro atoms. The summed E-state index contributed by atoms with van der Waals surface area (Å²) in [5.74, 6) is -1.36. The zero-order valence-corrected chi connectivity index (χ0v) is 7.59. The number of halogens is 1. The smallest absolute Gasteiger partial charge is 0.338 e. The van der Waals surface area contributed by atoms with Crippen LogP contribution in [-0.4, -0.2) is 41.8 Å². The van der Waals surface area contributed by atoms with Gasteiger partial charge in [-0.15, -0.1) is 0 Å². The molecule has 0 bridgehead atoms. The Labute approximate surface area is 72.2 Å². The summed E-state index contributed by atoms with van der Waals surface area (Å²) < 4.78 is 12.5. The van der Waals surface area contributed by atoms with Crippen molar-refractivity contribution in [2.75, 3.05) is 19.6 Å². The number of rotatable bonds is 6. The van der Waals surface area contributed by atoms with Crippen LogP contribution in [0.1, 0.15) is 20.3 Å². The first-order valence-corrected chi connectivity index (χ1v) is 4.21. The van der Waals surface area contributed by atoms with Crippen LogP contribution >= 0.6 is 0 Å². The van der Waals surface area contributed by atoms with Crippen LogP contribution in [-0.2, 0) is 4.79 Å². The lowest BCUT2D eigenvalue weighted by Gasteiger charge is -2.17. The Morgan fingerprint density at radius 3 is 2.33 bits per heavy atom. The molecule has 0 saturated carbocycles. The van der Waals surface area contributed by atoms with Gasteiger partial charge in [0.1, 0.15) is 0 Å². The van der Waals surface area contributed by atoms with Gasteiger partial charge in [0.25, 0.3) is 0 Å². The molecule has 0 aliphatic rings. The molecule has 4 heteroatoms. The molecule has 0 unspecified atom stereocenters. The molecule has 72 valence electrons. The molecule has 0 aliphatic carbocycles. The van der Waals surface area contributed by atoms with Crippen molar-refractivity contribution in [3.8, 4) is 0 Å². The van der Waals surface area contributed by atoms with Crippen LogP contribution in [0.3, 0.4) is 0 Å². The monoisotopic (exact) mass is 177 g/mol. The van der Waals surface area contributed by atoms with Crippen molar-refractivity contribution in [1.82, 2.24) is 4.90 Å². The van der Waals surface area contributed by atoms with E-state index in [0.717, 1.165) is 13.1 Å². The molecule has 0 aromatic carbocycles. The summed E-state index contributed by atoms with van der Waals surface area (Å²) in [7, 11) is 0. The van der Waals surface area contributed by atoms with Crippen LogP contribution < -0.4 is 0 Å². The molecule has 0 amide bonds. The highest BCUT2D eigenvalue weighted by Crippen LogP contribution is 2.00. The lowest BCUT2D eigenvalue weighted by Crippen LogP contribution is -2.28. The highest BCUT2D eigenvalue weighted by atomic mass is 19.1. The number of alkyl halides is 1. The zero-order chi connectivity index (χ0) is 9.56. The van der Waals surface area contributed by atoms with Crippen molar-refractivity contribution in [3.63, 3.8) is 0 Å². The third kappa shape index (κ3) is 4.28. The van der Waals surface area contributed by atoms with Gasteiger partial charge in [0, 0.05) is 13.0 Å². The lowest BCUT2D eigenvalue weighted by molar-refractivity contribution is -0.143. The lowest BCUT2D eigenvalue weighted by atomic mass is 10.2. The maximum atomic E-state index is 12.5. The van der Waals surface area contributed by atoms with Crippen LogP contribution in [0.5, 0.6) is 0 Å². The molecular weight excluding hydrogens is 161 g/mol. The molecule has 0 aliphatic heterocycles. The second-order valence-corrected chi connectivity index (χ2v) is 2.62. The van der Waals surface area contributed by atoms with Crippen molar-refractivity contribution in [3.05, 3.63) is 0 Å². The number of nitrogens with zero attached hydrogens (tertiary/aromatic N) is 1. The molecule has 0 aromatic rings. The molecule has 0 rings (SSSR count). The van der Waals surface area contributed by atoms with Crippen molar-refractivity contribution in [2.45, 2.75) is 26.4 Å². The fourth-order valence-corrected chi connectivity index (χ4v) is 0.959. The minimum Gasteiger partial charge on any atom is -0.479 e. The molecule has 12 heavy (non-hydrogen) atoms. The van der Waals surface area contributed by atoms with Crippen molar-refractivity contribution in [1.29, 1.82) is 0 Å².